The van der Waals surface area contributed by atoms with Gasteiger partial charge in [-0.2, -0.15) is 0 Å². The summed E-state index contributed by atoms with van der Waals surface area (Å²) in [6.45, 7) is 11.0. The number of aliphatic hydroxyl groups is 1. The first-order valence-electron chi connectivity index (χ1n) is 11.2. The molecule has 2 heterocycles. The fourth-order valence-electron chi connectivity index (χ4n) is 6.07. The third kappa shape index (κ3) is 3.43. The number of halogens is 1. The van der Waals surface area contributed by atoms with Crippen molar-refractivity contribution in [3.8, 4) is 0 Å². The van der Waals surface area contributed by atoms with E-state index in [0.29, 0.717) is 12.0 Å². The number of hydrogen-bond donors (Lipinski definition) is 1. The maximum Gasteiger partial charge on any atom is 0.312 e. The highest BCUT2D eigenvalue weighted by Crippen LogP contribution is 2.59. The summed E-state index contributed by atoms with van der Waals surface area (Å²) in [6.07, 6.45) is -0.412. The summed E-state index contributed by atoms with van der Waals surface area (Å²) in [6, 6.07) is 0. The molecule has 0 aromatic heterocycles. The molecule has 3 fully saturated rings. The highest BCUT2D eigenvalue weighted by atomic mass is 35.5. The van der Waals surface area contributed by atoms with Crippen LogP contribution in [0.2, 0.25) is 0 Å². The Morgan fingerprint density at radius 3 is 2.44 bits per heavy atom. The molecule has 34 heavy (non-hydrogen) atoms. The van der Waals surface area contributed by atoms with E-state index in [1.807, 2.05) is 0 Å². The van der Waals surface area contributed by atoms with Crippen molar-refractivity contribution in [3.63, 3.8) is 0 Å². The predicted molar refractivity (Wildman–Crippen MR) is 118 cm³/mol. The highest BCUT2D eigenvalue weighted by Gasteiger charge is 2.73. The third-order valence-corrected chi connectivity index (χ3v) is 8.35. The lowest BCUT2D eigenvalue weighted by Crippen LogP contribution is -2.69. The minimum absolute atomic E-state index is 0.323. The Bertz CT molecular complexity index is 1010. The van der Waals surface area contributed by atoms with Crippen LogP contribution in [0.5, 0.6) is 0 Å². The first-order chi connectivity index (χ1) is 15.7. The standard InChI is InChI=1S/C24H29ClO9/c1-10-9-14-18(32-14)22(5)8-7-15(28)23(6,34-13(4)27)17(22)20(31-12(3)26)24(30)11(2)21(29)33-19(24)16(10)25/h7-8,11,14,16-20,30H,1,9H2,2-6H3/t11-,14+,16-,17+,18-,19-,20+,22-,23+,24?/m0/s1. The molecule has 2 aliphatic heterocycles. The van der Waals surface area contributed by atoms with Crippen LogP contribution in [0, 0.1) is 17.3 Å². The Labute approximate surface area is 202 Å². The van der Waals surface area contributed by atoms with E-state index in [1.54, 1.807) is 13.0 Å². The molecule has 10 atom stereocenters. The van der Waals surface area contributed by atoms with Crippen molar-refractivity contribution in [2.24, 2.45) is 17.3 Å². The fraction of sp³-hybridized carbons (Fsp3) is 0.667. The van der Waals surface area contributed by atoms with Gasteiger partial charge in [0, 0.05) is 19.3 Å². The van der Waals surface area contributed by atoms with Crippen LogP contribution in [0.25, 0.3) is 0 Å². The molecule has 0 amide bonds. The minimum atomic E-state index is -2.17. The van der Waals surface area contributed by atoms with Crippen LogP contribution in [-0.2, 0) is 38.1 Å². The molecule has 0 aromatic rings. The monoisotopic (exact) mass is 496 g/mol. The van der Waals surface area contributed by atoms with E-state index in [2.05, 4.69) is 6.58 Å². The van der Waals surface area contributed by atoms with Gasteiger partial charge in [-0.25, -0.2) is 0 Å². The molecule has 1 saturated carbocycles. The average molecular weight is 497 g/mol. The zero-order valence-corrected chi connectivity index (χ0v) is 20.5. The number of carbonyl (C=O) groups is 4. The van der Waals surface area contributed by atoms with Crippen LogP contribution in [0.4, 0.5) is 0 Å². The average Bonchev–Trinajstić information content (AvgIpc) is 3.46. The number of ether oxygens (including phenoxy) is 4. The Hall–Kier alpha value is -2.23. The highest BCUT2D eigenvalue weighted by molar-refractivity contribution is 6.23. The summed E-state index contributed by atoms with van der Waals surface area (Å²) in [5, 5.41) is 11.2. The molecule has 4 rings (SSSR count). The summed E-state index contributed by atoms with van der Waals surface area (Å²) in [5.74, 6) is -5.12. The van der Waals surface area contributed by atoms with E-state index in [-0.39, 0.29) is 6.10 Å². The molecule has 1 N–H and O–H groups in total. The van der Waals surface area contributed by atoms with Crippen LogP contribution in [0.3, 0.4) is 0 Å². The van der Waals surface area contributed by atoms with E-state index < -0.39 is 75.8 Å². The molecule has 1 unspecified atom stereocenters. The second-order valence-electron chi connectivity index (χ2n) is 10.1. The van der Waals surface area contributed by atoms with Crippen molar-refractivity contribution < 1.29 is 43.2 Å². The van der Waals surface area contributed by atoms with Crippen LogP contribution >= 0.6 is 11.6 Å². The normalized spacial score (nSPS) is 47.6. The van der Waals surface area contributed by atoms with Crippen molar-refractivity contribution in [2.45, 2.75) is 82.0 Å². The maximum atomic E-state index is 13.2. The Kier molecular flexibility index (Phi) is 5.78. The SMILES string of the molecule is C=C1C[C@H]2O[C@@H]2[C@@]2(C)C=CC(=O)[C@@](C)(OC(C)=O)[C@@H]2[C@@H](OC(C)=O)C2(O)[C@@H](C)C(=O)O[C@H]2[C@H]1Cl. The lowest BCUT2D eigenvalue weighted by molar-refractivity contribution is -0.224. The van der Waals surface area contributed by atoms with Gasteiger partial charge in [0.05, 0.1) is 29.4 Å². The summed E-state index contributed by atoms with van der Waals surface area (Å²) in [5.41, 5.74) is -4.58. The maximum absolute atomic E-state index is 13.2. The molecule has 0 aromatic carbocycles. The van der Waals surface area contributed by atoms with Gasteiger partial charge in [0.2, 0.25) is 0 Å². The van der Waals surface area contributed by atoms with Crippen LogP contribution in [0.1, 0.15) is 41.0 Å². The first kappa shape index (κ1) is 24.9. The van der Waals surface area contributed by atoms with Gasteiger partial charge in [-0.3, -0.25) is 19.2 Å². The van der Waals surface area contributed by atoms with Crippen molar-refractivity contribution in [2.75, 3.05) is 0 Å². The Morgan fingerprint density at radius 1 is 1.21 bits per heavy atom. The quantitative estimate of drug-likeness (QED) is 0.199. The fourth-order valence-corrected chi connectivity index (χ4v) is 6.41. The minimum Gasteiger partial charge on any atom is -0.459 e. The number of hydrogen-bond acceptors (Lipinski definition) is 9. The number of ketones is 1. The van der Waals surface area contributed by atoms with Gasteiger partial charge >= 0.3 is 17.9 Å². The van der Waals surface area contributed by atoms with Gasteiger partial charge in [-0.05, 0) is 26.3 Å². The van der Waals surface area contributed by atoms with E-state index in [1.165, 1.54) is 19.9 Å². The largest absolute Gasteiger partial charge is 0.459 e. The molecular weight excluding hydrogens is 468 g/mol. The third-order valence-electron chi connectivity index (χ3n) is 7.81. The van der Waals surface area contributed by atoms with Gasteiger partial charge in [-0.1, -0.05) is 25.2 Å². The number of esters is 3. The van der Waals surface area contributed by atoms with Gasteiger partial charge in [0.25, 0.3) is 0 Å². The van der Waals surface area contributed by atoms with E-state index in [4.69, 9.17) is 30.5 Å². The molecule has 2 saturated heterocycles. The smallest absolute Gasteiger partial charge is 0.312 e. The zero-order chi connectivity index (χ0) is 25.4. The second kappa shape index (κ2) is 7.90. The Morgan fingerprint density at radius 2 is 1.85 bits per heavy atom. The lowest BCUT2D eigenvalue weighted by Gasteiger charge is -2.53. The zero-order valence-electron chi connectivity index (χ0n) is 19.7. The molecule has 4 aliphatic rings. The van der Waals surface area contributed by atoms with Crippen LogP contribution in [-0.4, -0.2) is 69.8 Å². The van der Waals surface area contributed by atoms with E-state index in [0.717, 1.165) is 13.8 Å². The molecule has 0 radical (unpaired) electrons. The number of rotatable bonds is 2. The molecule has 10 heteroatoms. The van der Waals surface area contributed by atoms with Crippen molar-refractivity contribution in [1.29, 1.82) is 0 Å². The lowest BCUT2D eigenvalue weighted by atomic mass is 9.55. The summed E-state index contributed by atoms with van der Waals surface area (Å²) in [4.78, 5) is 50.5. The molecule has 0 bridgehead atoms. The second-order valence-corrected chi connectivity index (χ2v) is 10.6. The predicted octanol–water partition coefficient (Wildman–Crippen LogP) is 1.63. The number of fused-ring (bicyclic) bond motifs is 4. The number of epoxide rings is 1. The van der Waals surface area contributed by atoms with Crippen LogP contribution in [0.15, 0.2) is 24.3 Å². The van der Waals surface area contributed by atoms with Gasteiger partial charge in [0.1, 0.15) is 6.10 Å². The van der Waals surface area contributed by atoms with Crippen molar-refractivity contribution >= 4 is 35.3 Å². The first-order valence-corrected chi connectivity index (χ1v) is 11.6. The van der Waals surface area contributed by atoms with Crippen molar-refractivity contribution in [3.05, 3.63) is 24.3 Å². The van der Waals surface area contributed by atoms with Crippen molar-refractivity contribution in [1.82, 2.24) is 0 Å². The summed E-state index contributed by atoms with van der Waals surface area (Å²) >= 11 is 6.67. The molecule has 0 spiro atoms. The molecule has 9 nitrogen and oxygen atoms in total. The van der Waals surface area contributed by atoms with Gasteiger partial charge in [-0.15, -0.1) is 11.6 Å². The topological polar surface area (TPSA) is 129 Å². The van der Waals surface area contributed by atoms with Gasteiger partial charge in [0.15, 0.2) is 23.1 Å². The van der Waals surface area contributed by atoms with Gasteiger partial charge < -0.3 is 24.1 Å². The van der Waals surface area contributed by atoms with E-state index >= 15 is 0 Å². The van der Waals surface area contributed by atoms with Crippen LogP contribution < -0.4 is 0 Å². The number of alkyl halides is 1. The molecular formula is C24H29ClO9. The van der Waals surface area contributed by atoms with E-state index in [9.17, 15) is 24.3 Å². The summed E-state index contributed by atoms with van der Waals surface area (Å²) < 4.78 is 22.8. The molecule has 186 valence electrons. The number of carbonyl (C=O) groups excluding carboxylic acids is 4. The summed E-state index contributed by atoms with van der Waals surface area (Å²) in [7, 11) is 0. The molecule has 2 aliphatic carbocycles. The Balaban J connectivity index is 2.02.